The number of nitrogens with zero attached hydrogens (tertiary/aromatic N) is 2. The molecule has 0 saturated carbocycles. The molecular weight excluding hydrogens is 218 g/mol. The van der Waals surface area contributed by atoms with E-state index in [1.54, 1.807) is 30.5 Å². The number of aliphatic carboxylic acids is 1. The third-order valence-electron chi connectivity index (χ3n) is 1.15. The van der Waals surface area contributed by atoms with Crippen molar-refractivity contribution in [3.63, 3.8) is 0 Å². The summed E-state index contributed by atoms with van der Waals surface area (Å²) in [6, 6.07) is 3.49. The lowest BCUT2D eigenvalue weighted by molar-refractivity contribution is -0.131. The van der Waals surface area contributed by atoms with Gasteiger partial charge in [-0.3, -0.25) is 0 Å². The zero-order valence-corrected chi connectivity index (χ0v) is 9.26. The molecule has 0 fully saturated rings. The van der Waals surface area contributed by atoms with E-state index in [-0.39, 0.29) is 5.57 Å². The van der Waals surface area contributed by atoms with E-state index in [1.165, 1.54) is 6.08 Å². The topological polar surface area (TPSA) is 96.9 Å². The Kier molecular flexibility index (Phi) is 12.9. The Morgan fingerprint density at radius 3 is 2.24 bits per heavy atom. The van der Waals surface area contributed by atoms with E-state index in [0.717, 1.165) is 6.08 Å². The molecule has 0 unspecified atom stereocenters. The number of hydrogen-bond acceptors (Lipinski definition) is 4. The van der Waals surface area contributed by atoms with Crippen LogP contribution in [0.3, 0.4) is 0 Å². The van der Waals surface area contributed by atoms with E-state index in [9.17, 15) is 4.79 Å². The number of carbonyl (C=O) groups is 1. The van der Waals surface area contributed by atoms with Gasteiger partial charge in [0, 0.05) is 12.6 Å². The van der Waals surface area contributed by atoms with Crippen LogP contribution in [0.5, 0.6) is 0 Å². The third kappa shape index (κ3) is 15.9. The average Bonchev–Trinajstić information content (AvgIpc) is 2.34. The summed E-state index contributed by atoms with van der Waals surface area (Å²) in [5, 5.41) is 27.1. The Bertz CT molecular complexity index is 379. The van der Waals surface area contributed by atoms with Gasteiger partial charge in [0.2, 0.25) is 0 Å². The minimum atomic E-state index is -0.981. The number of nitrogens with one attached hydrogen (secondary N) is 1. The van der Waals surface area contributed by atoms with Crippen LogP contribution in [0.25, 0.3) is 0 Å². The molecule has 5 nitrogen and oxygen atoms in total. The Labute approximate surface area is 100 Å². The minimum absolute atomic E-state index is 0.0895. The first-order valence-corrected chi connectivity index (χ1v) is 4.49. The molecule has 0 rings (SSSR count). The fourth-order valence-corrected chi connectivity index (χ4v) is 0.463. The molecule has 0 aliphatic heterocycles. The van der Waals surface area contributed by atoms with Crippen molar-refractivity contribution in [2.75, 3.05) is 6.54 Å². The maximum Gasteiger partial charge on any atom is 0.327 e. The monoisotopic (exact) mass is 231 g/mol. The maximum absolute atomic E-state index is 9.25. The van der Waals surface area contributed by atoms with Crippen LogP contribution in [0.15, 0.2) is 49.2 Å². The summed E-state index contributed by atoms with van der Waals surface area (Å²) in [7, 11) is 0. The van der Waals surface area contributed by atoms with Gasteiger partial charge in [-0.05, 0) is 18.4 Å². The van der Waals surface area contributed by atoms with Gasteiger partial charge in [-0.25, -0.2) is 4.79 Å². The van der Waals surface area contributed by atoms with Crippen molar-refractivity contribution >= 4 is 5.97 Å². The molecule has 0 amide bonds. The fourth-order valence-electron chi connectivity index (χ4n) is 0.463. The first-order valence-electron chi connectivity index (χ1n) is 4.49. The highest BCUT2D eigenvalue weighted by Crippen LogP contribution is 1.88. The van der Waals surface area contributed by atoms with Gasteiger partial charge in [0.1, 0.15) is 17.7 Å². The number of allylic oxidation sites excluding steroid dienone is 3. The molecule has 0 aliphatic rings. The predicted octanol–water partition coefficient (Wildman–Crippen LogP) is 1.51. The summed E-state index contributed by atoms with van der Waals surface area (Å²) >= 11 is 0. The third-order valence-corrected chi connectivity index (χ3v) is 1.15. The second kappa shape index (κ2) is 13.2. The summed E-state index contributed by atoms with van der Waals surface area (Å²) < 4.78 is 0. The van der Waals surface area contributed by atoms with E-state index in [0.29, 0.717) is 6.54 Å². The lowest BCUT2D eigenvalue weighted by Gasteiger charge is -1.88. The molecule has 0 radical (unpaired) electrons. The number of hydrogen-bond donors (Lipinski definition) is 2. The van der Waals surface area contributed by atoms with Crippen LogP contribution >= 0.6 is 0 Å². The van der Waals surface area contributed by atoms with Gasteiger partial charge in [-0.15, -0.1) is 6.58 Å². The molecule has 0 aromatic carbocycles. The van der Waals surface area contributed by atoms with Crippen LogP contribution in [-0.2, 0) is 4.79 Å². The van der Waals surface area contributed by atoms with Gasteiger partial charge in [0.05, 0.1) is 0 Å². The molecule has 0 aromatic heterocycles. The normalized spacial score (nSPS) is 7.65. The van der Waals surface area contributed by atoms with E-state index < -0.39 is 5.97 Å². The average molecular weight is 231 g/mol. The van der Waals surface area contributed by atoms with Gasteiger partial charge in [-0.1, -0.05) is 12.7 Å². The molecule has 88 valence electrons. The van der Waals surface area contributed by atoms with Gasteiger partial charge >= 0.3 is 5.97 Å². The van der Waals surface area contributed by atoms with Gasteiger partial charge in [-0.2, -0.15) is 10.5 Å². The molecule has 17 heavy (non-hydrogen) atoms. The Morgan fingerprint density at radius 1 is 1.35 bits per heavy atom. The van der Waals surface area contributed by atoms with Crippen molar-refractivity contribution in [3.05, 3.63) is 49.2 Å². The predicted molar refractivity (Wildman–Crippen MR) is 64.5 cm³/mol. The Balaban J connectivity index is 0. The summed E-state index contributed by atoms with van der Waals surface area (Å²) in [6.45, 7) is 7.14. The van der Waals surface area contributed by atoms with Crippen molar-refractivity contribution in [3.8, 4) is 12.1 Å². The van der Waals surface area contributed by atoms with Gasteiger partial charge in [0.15, 0.2) is 0 Å². The van der Waals surface area contributed by atoms with Crippen LogP contribution < -0.4 is 5.32 Å². The summed E-state index contributed by atoms with van der Waals surface area (Å²) in [5.41, 5.74) is 0.0895. The second-order valence-electron chi connectivity index (χ2n) is 2.40. The number of rotatable bonds is 5. The number of carboxylic acid groups (broad SMARTS) is 1. The van der Waals surface area contributed by atoms with Crippen LogP contribution in [0.4, 0.5) is 0 Å². The molecule has 0 bridgehead atoms. The molecule has 0 aromatic rings. The van der Waals surface area contributed by atoms with E-state index in [1.807, 2.05) is 0 Å². The lowest BCUT2D eigenvalue weighted by Crippen LogP contribution is -2.02. The molecule has 5 heteroatoms. The standard InChI is InChI=1S/C9H9N3.C3H4O2/c1-2-5-12-6-3-4-9(7-10)8-11;1-2-3(4)5/h2-4,6,12H,1,5H2;2H,1H2,(H,4,5). The highest BCUT2D eigenvalue weighted by molar-refractivity contribution is 5.78. The molecule has 0 spiro atoms. The minimum Gasteiger partial charge on any atom is -0.478 e. The first kappa shape index (κ1) is 16.6. The van der Waals surface area contributed by atoms with Crippen molar-refractivity contribution in [1.29, 1.82) is 10.5 Å². The van der Waals surface area contributed by atoms with Crippen LogP contribution in [0.1, 0.15) is 0 Å². The van der Waals surface area contributed by atoms with Crippen molar-refractivity contribution in [1.82, 2.24) is 5.32 Å². The van der Waals surface area contributed by atoms with Gasteiger partial charge in [0.25, 0.3) is 0 Å². The van der Waals surface area contributed by atoms with E-state index >= 15 is 0 Å². The number of carboxylic acids is 1. The van der Waals surface area contributed by atoms with Crippen molar-refractivity contribution < 1.29 is 9.90 Å². The first-order chi connectivity index (χ1) is 8.12. The van der Waals surface area contributed by atoms with E-state index in [2.05, 4.69) is 18.5 Å². The quantitative estimate of drug-likeness (QED) is 0.246. The SMILES string of the molecule is C=CC(=O)O.C=CCNC=CC=C(C#N)C#N. The molecule has 0 atom stereocenters. The highest BCUT2D eigenvalue weighted by atomic mass is 16.4. The Morgan fingerprint density at radius 2 is 1.88 bits per heavy atom. The molecule has 2 N–H and O–H groups in total. The fraction of sp³-hybridized carbons (Fsp3) is 0.0833. The highest BCUT2D eigenvalue weighted by Gasteiger charge is 1.84. The molecular formula is C12H13N3O2. The summed E-state index contributed by atoms with van der Waals surface area (Å²) in [4.78, 5) is 9.25. The molecule has 0 heterocycles. The van der Waals surface area contributed by atoms with Crippen LogP contribution in [-0.4, -0.2) is 17.6 Å². The Hall–Kier alpha value is -2.79. The second-order valence-corrected chi connectivity index (χ2v) is 2.40. The zero-order chi connectivity index (χ0) is 13.5. The van der Waals surface area contributed by atoms with Crippen molar-refractivity contribution in [2.45, 2.75) is 0 Å². The van der Waals surface area contributed by atoms with E-state index in [4.69, 9.17) is 15.6 Å². The number of nitriles is 2. The maximum atomic E-state index is 9.25. The summed E-state index contributed by atoms with van der Waals surface area (Å²) in [6.07, 6.45) is 7.24. The largest absolute Gasteiger partial charge is 0.478 e. The van der Waals surface area contributed by atoms with Crippen molar-refractivity contribution in [2.24, 2.45) is 0 Å². The zero-order valence-electron chi connectivity index (χ0n) is 9.26. The van der Waals surface area contributed by atoms with Gasteiger partial charge < -0.3 is 10.4 Å². The smallest absolute Gasteiger partial charge is 0.327 e. The van der Waals surface area contributed by atoms with Crippen LogP contribution in [0.2, 0.25) is 0 Å². The lowest BCUT2D eigenvalue weighted by atomic mass is 10.3. The van der Waals surface area contributed by atoms with Crippen LogP contribution in [0, 0.1) is 22.7 Å². The molecule has 0 saturated heterocycles. The molecule has 0 aliphatic carbocycles. The summed E-state index contributed by atoms with van der Waals surface area (Å²) in [5.74, 6) is -0.981.